The monoisotopic (exact) mass is 362 g/mol. The smallest absolute Gasteiger partial charge is 0.410 e. The summed E-state index contributed by atoms with van der Waals surface area (Å²) >= 11 is 0. The standard InChI is InChI=1S/C20H30N2O4/c1-15(2)14-26-20(24)22-11-5-6-18(22)13-21(3)12-16-7-9-17(10-8-16)19(23)25-4/h7-10,15,18H,5-6,11-14H2,1-4H3. The summed E-state index contributed by atoms with van der Waals surface area (Å²) in [5.41, 5.74) is 1.67. The number of rotatable bonds is 7. The Bertz CT molecular complexity index is 600. The molecule has 0 N–H and O–H groups in total. The zero-order valence-electron chi connectivity index (χ0n) is 16.2. The van der Waals surface area contributed by atoms with E-state index in [0.29, 0.717) is 18.1 Å². The molecule has 2 rings (SSSR count). The average Bonchev–Trinajstić information content (AvgIpc) is 3.07. The van der Waals surface area contributed by atoms with Crippen molar-refractivity contribution in [3.63, 3.8) is 0 Å². The third-order valence-electron chi connectivity index (χ3n) is 4.50. The maximum absolute atomic E-state index is 12.3. The molecule has 6 nitrogen and oxygen atoms in total. The Hall–Kier alpha value is -2.08. The Morgan fingerprint density at radius 1 is 1.27 bits per heavy atom. The highest BCUT2D eigenvalue weighted by Gasteiger charge is 2.30. The molecule has 1 unspecified atom stereocenters. The molecule has 1 aromatic carbocycles. The molecule has 0 bridgehead atoms. The van der Waals surface area contributed by atoms with Gasteiger partial charge in [-0.15, -0.1) is 0 Å². The van der Waals surface area contributed by atoms with Crippen LogP contribution < -0.4 is 0 Å². The summed E-state index contributed by atoms with van der Waals surface area (Å²) in [6, 6.07) is 7.62. The third-order valence-corrected chi connectivity index (χ3v) is 4.50. The van der Waals surface area contributed by atoms with Crippen LogP contribution in [0.2, 0.25) is 0 Å². The molecule has 0 radical (unpaired) electrons. The molecule has 1 fully saturated rings. The van der Waals surface area contributed by atoms with Gasteiger partial charge in [-0.05, 0) is 43.5 Å². The molecule has 1 amide bonds. The summed E-state index contributed by atoms with van der Waals surface area (Å²) in [4.78, 5) is 27.8. The number of likely N-dealkylation sites (tertiary alicyclic amines) is 1. The second kappa shape index (κ2) is 9.57. The van der Waals surface area contributed by atoms with Crippen molar-refractivity contribution in [3.05, 3.63) is 35.4 Å². The van der Waals surface area contributed by atoms with Crippen LogP contribution in [0.15, 0.2) is 24.3 Å². The largest absolute Gasteiger partial charge is 0.465 e. The average molecular weight is 362 g/mol. The summed E-state index contributed by atoms with van der Waals surface area (Å²) in [6.45, 7) is 6.86. The summed E-state index contributed by atoms with van der Waals surface area (Å²) in [7, 11) is 3.42. The van der Waals surface area contributed by atoms with E-state index < -0.39 is 0 Å². The number of likely N-dealkylation sites (N-methyl/N-ethyl adjacent to an activating group) is 1. The van der Waals surface area contributed by atoms with Gasteiger partial charge in [0, 0.05) is 25.7 Å². The summed E-state index contributed by atoms with van der Waals surface area (Å²) < 4.78 is 10.1. The molecule has 1 aromatic rings. The minimum Gasteiger partial charge on any atom is -0.465 e. The maximum atomic E-state index is 12.3. The first kappa shape index (κ1) is 20.2. The van der Waals surface area contributed by atoms with Gasteiger partial charge in [0.1, 0.15) is 0 Å². The molecule has 26 heavy (non-hydrogen) atoms. The van der Waals surface area contributed by atoms with Gasteiger partial charge >= 0.3 is 12.1 Å². The van der Waals surface area contributed by atoms with Crippen molar-refractivity contribution in [3.8, 4) is 0 Å². The van der Waals surface area contributed by atoms with Crippen LogP contribution in [0, 0.1) is 5.92 Å². The molecule has 1 heterocycles. The molecule has 1 atom stereocenters. The number of amides is 1. The molecule has 6 heteroatoms. The molecule has 0 aromatic heterocycles. The second-order valence-corrected chi connectivity index (χ2v) is 7.35. The van der Waals surface area contributed by atoms with Crippen molar-refractivity contribution < 1.29 is 19.1 Å². The number of methoxy groups -OCH3 is 1. The number of hydrogen-bond acceptors (Lipinski definition) is 5. The van der Waals surface area contributed by atoms with Crippen LogP contribution >= 0.6 is 0 Å². The Morgan fingerprint density at radius 3 is 2.58 bits per heavy atom. The summed E-state index contributed by atoms with van der Waals surface area (Å²) in [5, 5.41) is 0. The van der Waals surface area contributed by atoms with E-state index in [9.17, 15) is 9.59 Å². The van der Waals surface area contributed by atoms with Gasteiger partial charge in [0.05, 0.1) is 19.3 Å². The molecular formula is C20H30N2O4. The minimum atomic E-state index is -0.327. The lowest BCUT2D eigenvalue weighted by atomic mass is 10.1. The Balaban J connectivity index is 1.87. The Labute approximate surface area is 156 Å². The zero-order valence-corrected chi connectivity index (χ0v) is 16.2. The number of carbonyl (C=O) groups excluding carboxylic acids is 2. The molecule has 0 aliphatic carbocycles. The lowest BCUT2D eigenvalue weighted by Crippen LogP contribution is -2.42. The van der Waals surface area contributed by atoms with Crippen LogP contribution in [0.25, 0.3) is 0 Å². The van der Waals surface area contributed by atoms with E-state index in [1.54, 1.807) is 12.1 Å². The van der Waals surface area contributed by atoms with Gasteiger partial charge in [-0.25, -0.2) is 9.59 Å². The van der Waals surface area contributed by atoms with Crippen LogP contribution in [0.5, 0.6) is 0 Å². The first-order chi connectivity index (χ1) is 12.4. The number of esters is 1. The number of nitrogens with zero attached hydrogens (tertiary/aromatic N) is 2. The minimum absolute atomic E-state index is 0.189. The maximum Gasteiger partial charge on any atom is 0.410 e. The van der Waals surface area contributed by atoms with Crippen LogP contribution in [-0.4, -0.2) is 61.8 Å². The van der Waals surface area contributed by atoms with E-state index in [1.807, 2.05) is 37.9 Å². The highest BCUT2D eigenvalue weighted by Crippen LogP contribution is 2.20. The molecule has 144 valence electrons. The van der Waals surface area contributed by atoms with Gasteiger partial charge in [0.15, 0.2) is 0 Å². The number of ether oxygens (including phenoxy) is 2. The van der Waals surface area contributed by atoms with E-state index in [1.165, 1.54) is 7.11 Å². The highest BCUT2D eigenvalue weighted by atomic mass is 16.6. The summed E-state index contributed by atoms with van der Waals surface area (Å²) in [5.74, 6) is 0.0158. The van der Waals surface area contributed by atoms with Crippen molar-refractivity contribution in [2.24, 2.45) is 5.92 Å². The van der Waals surface area contributed by atoms with Crippen molar-refractivity contribution in [1.82, 2.24) is 9.80 Å². The molecule has 0 saturated carbocycles. The van der Waals surface area contributed by atoms with E-state index >= 15 is 0 Å². The Kier molecular flexibility index (Phi) is 7.45. The van der Waals surface area contributed by atoms with Gasteiger partial charge < -0.3 is 19.3 Å². The van der Waals surface area contributed by atoms with Gasteiger partial charge in [-0.1, -0.05) is 26.0 Å². The van der Waals surface area contributed by atoms with E-state index in [2.05, 4.69) is 4.90 Å². The van der Waals surface area contributed by atoms with Crippen LogP contribution in [0.3, 0.4) is 0 Å². The third kappa shape index (κ3) is 5.73. The zero-order chi connectivity index (χ0) is 19.1. The van der Waals surface area contributed by atoms with Crippen molar-refractivity contribution in [1.29, 1.82) is 0 Å². The van der Waals surface area contributed by atoms with Crippen molar-refractivity contribution in [2.75, 3.05) is 33.9 Å². The van der Waals surface area contributed by atoms with Gasteiger partial charge in [0.2, 0.25) is 0 Å². The normalized spacial score (nSPS) is 17.0. The Morgan fingerprint density at radius 2 is 1.96 bits per heavy atom. The van der Waals surface area contributed by atoms with Crippen molar-refractivity contribution >= 4 is 12.1 Å². The topological polar surface area (TPSA) is 59.1 Å². The fourth-order valence-corrected chi connectivity index (χ4v) is 3.19. The van der Waals surface area contributed by atoms with Crippen LogP contribution in [0.1, 0.15) is 42.6 Å². The lowest BCUT2D eigenvalue weighted by molar-refractivity contribution is 0.0600. The van der Waals surface area contributed by atoms with Crippen molar-refractivity contribution in [2.45, 2.75) is 39.3 Å². The first-order valence-electron chi connectivity index (χ1n) is 9.20. The molecular weight excluding hydrogens is 332 g/mol. The number of carbonyl (C=O) groups is 2. The van der Waals surface area contributed by atoms with Gasteiger partial charge in [-0.3, -0.25) is 0 Å². The molecule has 0 spiro atoms. The van der Waals surface area contributed by atoms with Crippen LogP contribution in [-0.2, 0) is 16.0 Å². The molecule has 1 aliphatic heterocycles. The molecule has 1 saturated heterocycles. The predicted octanol–water partition coefficient (Wildman–Crippen LogP) is 3.16. The SMILES string of the molecule is COC(=O)c1ccc(CN(C)CC2CCCN2C(=O)OCC(C)C)cc1. The van der Waals surface area contributed by atoms with Gasteiger partial charge in [-0.2, -0.15) is 0 Å². The number of benzene rings is 1. The van der Waals surface area contributed by atoms with Gasteiger partial charge in [0.25, 0.3) is 0 Å². The van der Waals surface area contributed by atoms with E-state index in [-0.39, 0.29) is 18.1 Å². The quantitative estimate of drug-likeness (QED) is 0.697. The molecule has 1 aliphatic rings. The lowest BCUT2D eigenvalue weighted by Gasteiger charge is -2.28. The first-order valence-corrected chi connectivity index (χ1v) is 9.20. The fraction of sp³-hybridized carbons (Fsp3) is 0.600. The van der Waals surface area contributed by atoms with E-state index in [4.69, 9.17) is 9.47 Å². The predicted molar refractivity (Wildman–Crippen MR) is 100 cm³/mol. The number of hydrogen-bond donors (Lipinski definition) is 0. The highest BCUT2D eigenvalue weighted by molar-refractivity contribution is 5.89. The van der Waals surface area contributed by atoms with E-state index in [0.717, 1.165) is 38.0 Å². The van der Waals surface area contributed by atoms with Crippen LogP contribution in [0.4, 0.5) is 4.79 Å². The second-order valence-electron chi connectivity index (χ2n) is 7.35. The summed E-state index contributed by atoms with van der Waals surface area (Å²) in [6.07, 6.45) is 1.82. The fourth-order valence-electron chi connectivity index (χ4n) is 3.19.